The number of aryl methyl sites for hydroxylation is 1. The molecule has 2 atom stereocenters. The fourth-order valence-electron chi connectivity index (χ4n) is 3.68. The van der Waals surface area contributed by atoms with Gasteiger partial charge in [0.15, 0.2) is 0 Å². The van der Waals surface area contributed by atoms with E-state index in [0.29, 0.717) is 6.04 Å². The summed E-state index contributed by atoms with van der Waals surface area (Å²) in [6.45, 7) is 4.21. The van der Waals surface area contributed by atoms with Crippen molar-refractivity contribution in [3.8, 4) is 0 Å². The smallest absolute Gasteiger partial charge is 0.112 e. The molecule has 1 aliphatic heterocycles. The first kappa shape index (κ1) is 17.2. The third kappa shape index (κ3) is 4.06. The second-order valence-electron chi connectivity index (χ2n) is 7.69. The average Bonchev–Trinajstić information content (AvgIpc) is 2.58. The molecular weight excluding hydrogens is 294 g/mol. The van der Waals surface area contributed by atoms with Crippen LogP contribution in [0.25, 0.3) is 0 Å². The summed E-state index contributed by atoms with van der Waals surface area (Å²) in [6, 6.07) is 20.0. The van der Waals surface area contributed by atoms with Crippen molar-refractivity contribution in [2.45, 2.75) is 38.3 Å². The topological polar surface area (TPSA) is 9.23 Å². The molecule has 1 aliphatic rings. The van der Waals surface area contributed by atoms with E-state index in [2.05, 4.69) is 75.6 Å². The lowest BCUT2D eigenvalue weighted by molar-refractivity contribution is -0.920. The van der Waals surface area contributed by atoms with E-state index in [9.17, 15) is 0 Å². The standard InChI is InChI=1S/C22H30NO/c1-18-12-14-20(15-13-18)22(19-9-5-4-6-10-19)24-17-21-11-7-8-16-23(21,2)3/h4-6,9-10,12-15,21-22H,7-8,11,16-17H2,1-3H3/q+1. The molecule has 0 saturated carbocycles. The van der Waals surface area contributed by atoms with Gasteiger partial charge in [-0.05, 0) is 30.9 Å². The zero-order valence-corrected chi connectivity index (χ0v) is 15.2. The van der Waals surface area contributed by atoms with Crippen LogP contribution in [0.15, 0.2) is 54.6 Å². The molecule has 0 aliphatic carbocycles. The van der Waals surface area contributed by atoms with Crippen LogP contribution in [-0.2, 0) is 4.74 Å². The van der Waals surface area contributed by atoms with Gasteiger partial charge in [0, 0.05) is 6.42 Å². The Morgan fingerprint density at radius 1 is 0.958 bits per heavy atom. The molecule has 2 nitrogen and oxygen atoms in total. The molecule has 0 spiro atoms. The van der Waals surface area contributed by atoms with Gasteiger partial charge < -0.3 is 9.22 Å². The van der Waals surface area contributed by atoms with Crippen LogP contribution >= 0.6 is 0 Å². The third-order valence-electron chi connectivity index (χ3n) is 5.45. The highest BCUT2D eigenvalue weighted by Crippen LogP contribution is 2.29. The molecule has 1 fully saturated rings. The minimum Gasteiger partial charge on any atom is -0.363 e. The summed E-state index contributed by atoms with van der Waals surface area (Å²) in [5, 5.41) is 0. The van der Waals surface area contributed by atoms with Crippen molar-refractivity contribution in [1.82, 2.24) is 0 Å². The highest BCUT2D eigenvalue weighted by Gasteiger charge is 2.32. The van der Waals surface area contributed by atoms with Gasteiger partial charge in [0.1, 0.15) is 12.1 Å². The summed E-state index contributed by atoms with van der Waals surface area (Å²) in [5.74, 6) is 0. The van der Waals surface area contributed by atoms with Gasteiger partial charge in [0.2, 0.25) is 0 Å². The van der Waals surface area contributed by atoms with Crippen molar-refractivity contribution in [3.05, 3.63) is 71.3 Å². The Kier molecular flexibility index (Phi) is 5.37. The van der Waals surface area contributed by atoms with Gasteiger partial charge in [0.25, 0.3) is 0 Å². The summed E-state index contributed by atoms with van der Waals surface area (Å²) >= 11 is 0. The van der Waals surface area contributed by atoms with E-state index in [0.717, 1.165) is 11.1 Å². The average molecular weight is 324 g/mol. The zero-order valence-electron chi connectivity index (χ0n) is 15.2. The first-order valence-corrected chi connectivity index (χ1v) is 9.12. The van der Waals surface area contributed by atoms with E-state index in [1.807, 2.05) is 0 Å². The molecule has 0 bridgehead atoms. The number of likely N-dealkylation sites (N-methyl/N-ethyl adjacent to an activating group) is 1. The van der Waals surface area contributed by atoms with Crippen LogP contribution in [0, 0.1) is 6.92 Å². The molecule has 2 aromatic rings. The molecule has 1 saturated heterocycles. The Morgan fingerprint density at radius 2 is 1.62 bits per heavy atom. The van der Waals surface area contributed by atoms with Gasteiger partial charge >= 0.3 is 0 Å². The molecule has 0 aromatic heterocycles. The number of ether oxygens (including phenoxy) is 1. The fraction of sp³-hybridized carbons (Fsp3) is 0.455. The van der Waals surface area contributed by atoms with Gasteiger partial charge in [-0.15, -0.1) is 0 Å². The van der Waals surface area contributed by atoms with Crippen molar-refractivity contribution >= 4 is 0 Å². The summed E-state index contributed by atoms with van der Waals surface area (Å²) in [5.41, 5.74) is 3.77. The molecule has 0 N–H and O–H groups in total. The number of hydrogen-bond acceptors (Lipinski definition) is 1. The van der Waals surface area contributed by atoms with Gasteiger partial charge in [0.05, 0.1) is 27.2 Å². The van der Waals surface area contributed by atoms with Crippen LogP contribution in [0.1, 0.15) is 42.1 Å². The first-order valence-electron chi connectivity index (χ1n) is 9.12. The number of likely N-dealkylation sites (tertiary alicyclic amines) is 1. The molecule has 128 valence electrons. The van der Waals surface area contributed by atoms with Crippen LogP contribution in [0.2, 0.25) is 0 Å². The van der Waals surface area contributed by atoms with Crippen LogP contribution in [-0.4, -0.2) is 37.8 Å². The van der Waals surface area contributed by atoms with Crippen molar-refractivity contribution in [1.29, 1.82) is 0 Å². The molecule has 0 amide bonds. The lowest BCUT2D eigenvalue weighted by atomic mass is 9.99. The van der Waals surface area contributed by atoms with E-state index in [1.54, 1.807) is 0 Å². The van der Waals surface area contributed by atoms with E-state index < -0.39 is 0 Å². The highest BCUT2D eigenvalue weighted by molar-refractivity contribution is 5.31. The maximum Gasteiger partial charge on any atom is 0.112 e. The Balaban J connectivity index is 1.79. The fourth-order valence-corrected chi connectivity index (χ4v) is 3.68. The maximum absolute atomic E-state index is 6.51. The summed E-state index contributed by atoms with van der Waals surface area (Å²) in [4.78, 5) is 0. The van der Waals surface area contributed by atoms with Crippen molar-refractivity contribution < 1.29 is 9.22 Å². The zero-order chi connectivity index (χ0) is 17.0. The third-order valence-corrected chi connectivity index (χ3v) is 5.45. The Labute approximate surface area is 146 Å². The van der Waals surface area contributed by atoms with Gasteiger partial charge in [-0.2, -0.15) is 0 Å². The lowest BCUT2D eigenvalue weighted by Crippen LogP contribution is -2.54. The largest absolute Gasteiger partial charge is 0.363 e. The van der Waals surface area contributed by atoms with Crippen LogP contribution in [0.3, 0.4) is 0 Å². The first-order chi connectivity index (χ1) is 11.6. The number of hydrogen-bond donors (Lipinski definition) is 0. The molecule has 2 heteroatoms. The Hall–Kier alpha value is -1.64. The molecule has 24 heavy (non-hydrogen) atoms. The van der Waals surface area contributed by atoms with Gasteiger partial charge in [-0.3, -0.25) is 0 Å². The minimum atomic E-state index is 0.0220. The minimum absolute atomic E-state index is 0.0220. The maximum atomic E-state index is 6.51. The lowest BCUT2D eigenvalue weighted by Gasteiger charge is -2.42. The van der Waals surface area contributed by atoms with Gasteiger partial charge in [-0.1, -0.05) is 60.2 Å². The molecular formula is C22H30NO+. The number of nitrogens with zero attached hydrogens (tertiary/aromatic N) is 1. The molecule has 2 unspecified atom stereocenters. The summed E-state index contributed by atoms with van der Waals surface area (Å²) < 4.78 is 7.59. The van der Waals surface area contributed by atoms with Crippen molar-refractivity contribution in [2.24, 2.45) is 0 Å². The summed E-state index contributed by atoms with van der Waals surface area (Å²) in [6.07, 6.45) is 3.95. The van der Waals surface area contributed by atoms with Crippen LogP contribution < -0.4 is 0 Å². The Bertz CT molecular complexity index is 633. The predicted molar refractivity (Wildman–Crippen MR) is 100 cm³/mol. The van der Waals surface area contributed by atoms with E-state index in [-0.39, 0.29) is 6.10 Å². The number of benzene rings is 2. The highest BCUT2D eigenvalue weighted by atomic mass is 16.5. The number of quaternary nitrogens is 1. The van der Waals surface area contributed by atoms with E-state index in [4.69, 9.17) is 4.74 Å². The van der Waals surface area contributed by atoms with E-state index >= 15 is 0 Å². The predicted octanol–water partition coefficient (Wildman–Crippen LogP) is 4.73. The quantitative estimate of drug-likeness (QED) is 0.723. The number of piperidine rings is 1. The SMILES string of the molecule is Cc1ccc(C(OCC2CCCC[N+]2(C)C)c2ccccc2)cc1. The van der Waals surface area contributed by atoms with Gasteiger partial charge in [-0.25, -0.2) is 0 Å². The monoisotopic (exact) mass is 324 g/mol. The van der Waals surface area contributed by atoms with Crippen LogP contribution in [0.5, 0.6) is 0 Å². The second-order valence-corrected chi connectivity index (χ2v) is 7.69. The second kappa shape index (κ2) is 7.50. The number of rotatable bonds is 5. The Morgan fingerprint density at radius 3 is 2.29 bits per heavy atom. The van der Waals surface area contributed by atoms with Crippen molar-refractivity contribution in [3.63, 3.8) is 0 Å². The molecule has 0 radical (unpaired) electrons. The molecule has 1 heterocycles. The van der Waals surface area contributed by atoms with Crippen molar-refractivity contribution in [2.75, 3.05) is 27.2 Å². The summed E-state index contributed by atoms with van der Waals surface area (Å²) in [7, 11) is 4.69. The van der Waals surface area contributed by atoms with Crippen LogP contribution in [0.4, 0.5) is 0 Å². The van der Waals surface area contributed by atoms with E-state index in [1.165, 1.54) is 42.5 Å². The molecule has 3 rings (SSSR count). The molecule has 2 aromatic carbocycles. The normalized spacial score (nSPS) is 21.4.